The van der Waals surface area contributed by atoms with E-state index in [1.165, 1.54) is 24.3 Å². The van der Waals surface area contributed by atoms with Crippen LogP contribution in [-0.2, 0) is 19.9 Å². The fourth-order valence-electron chi connectivity index (χ4n) is 3.15. The summed E-state index contributed by atoms with van der Waals surface area (Å²) in [5.41, 5.74) is -0.713. The minimum absolute atomic E-state index is 0.108. The highest BCUT2D eigenvalue weighted by Gasteiger charge is 2.21. The number of non-ortho nitro benzene ring substituents is 1. The van der Waals surface area contributed by atoms with E-state index in [0.717, 1.165) is 43.7 Å². The number of benzene rings is 2. The second kappa shape index (κ2) is 9.67. The number of nitrogens with zero attached hydrogens (tertiary/aromatic N) is 2. The zero-order valence-electron chi connectivity index (χ0n) is 17.6. The number of anilines is 1. The number of sulfonamides is 1. The Morgan fingerprint density at radius 3 is 2.48 bits per heavy atom. The number of aliphatic imine (C=N–C) groups is 1. The maximum Gasteiger partial charge on any atom is 0.271 e. The lowest BCUT2D eigenvalue weighted by Crippen LogP contribution is -2.30. The zero-order chi connectivity index (χ0) is 24.2. The molecule has 1 aliphatic rings. The molecule has 3 rings (SSSR count). The SMILES string of the molecule is CS(=O)(=O)c1cc(C(=O)Nc2cccc(S(=O)(=O)NC3=NCCCCC3)c2)cc([N+](=O)[O-])c1. The van der Waals surface area contributed by atoms with Gasteiger partial charge in [-0.05, 0) is 37.1 Å². The predicted molar refractivity (Wildman–Crippen MR) is 122 cm³/mol. The molecule has 0 fully saturated rings. The maximum absolute atomic E-state index is 12.7. The molecule has 2 N–H and O–H groups in total. The van der Waals surface area contributed by atoms with Gasteiger partial charge in [-0.2, -0.15) is 0 Å². The summed E-state index contributed by atoms with van der Waals surface area (Å²) in [6, 6.07) is 8.27. The van der Waals surface area contributed by atoms with Crippen molar-refractivity contribution in [3.63, 3.8) is 0 Å². The zero-order valence-corrected chi connectivity index (χ0v) is 19.3. The Balaban J connectivity index is 1.86. The second-order valence-corrected chi connectivity index (χ2v) is 11.2. The van der Waals surface area contributed by atoms with Gasteiger partial charge in [0, 0.05) is 42.6 Å². The van der Waals surface area contributed by atoms with Crippen LogP contribution in [0.3, 0.4) is 0 Å². The molecule has 2 aromatic rings. The van der Waals surface area contributed by atoms with Crippen molar-refractivity contribution < 1.29 is 26.6 Å². The van der Waals surface area contributed by atoms with Gasteiger partial charge < -0.3 is 5.32 Å². The Labute approximate surface area is 191 Å². The molecule has 0 aromatic heterocycles. The summed E-state index contributed by atoms with van der Waals surface area (Å²) in [5, 5.41) is 13.6. The number of hydrogen-bond donors (Lipinski definition) is 2. The van der Waals surface area contributed by atoms with Gasteiger partial charge in [-0.15, -0.1) is 0 Å². The minimum Gasteiger partial charge on any atom is -0.322 e. The molecule has 1 aliphatic heterocycles. The topological polar surface area (TPSA) is 165 Å². The Hall–Kier alpha value is -3.32. The number of amidine groups is 1. The van der Waals surface area contributed by atoms with E-state index in [0.29, 0.717) is 18.8 Å². The molecular formula is C20H22N4O7S2. The van der Waals surface area contributed by atoms with Gasteiger partial charge in [0.05, 0.1) is 14.7 Å². The van der Waals surface area contributed by atoms with Crippen molar-refractivity contribution in [3.05, 3.63) is 58.1 Å². The Morgan fingerprint density at radius 1 is 1.03 bits per heavy atom. The van der Waals surface area contributed by atoms with Crippen LogP contribution in [0.5, 0.6) is 0 Å². The van der Waals surface area contributed by atoms with E-state index in [4.69, 9.17) is 0 Å². The second-order valence-electron chi connectivity index (χ2n) is 7.47. The summed E-state index contributed by atoms with van der Waals surface area (Å²) in [7, 11) is -7.76. The Bertz CT molecular complexity index is 1340. The number of hydrogen-bond acceptors (Lipinski definition) is 8. The summed E-state index contributed by atoms with van der Waals surface area (Å²) in [6.45, 7) is 0.548. The average molecular weight is 495 g/mol. The van der Waals surface area contributed by atoms with Crippen LogP contribution in [-0.4, -0.2) is 46.3 Å². The third kappa shape index (κ3) is 6.35. The Morgan fingerprint density at radius 2 is 1.79 bits per heavy atom. The lowest BCUT2D eigenvalue weighted by Gasteiger charge is -2.11. The predicted octanol–water partition coefficient (Wildman–Crippen LogP) is 2.50. The molecule has 33 heavy (non-hydrogen) atoms. The van der Waals surface area contributed by atoms with Crippen LogP contribution in [0.25, 0.3) is 0 Å². The van der Waals surface area contributed by atoms with Gasteiger partial charge in [0.25, 0.3) is 21.6 Å². The summed E-state index contributed by atoms with van der Waals surface area (Å²) in [5.74, 6) is -0.453. The molecular weight excluding hydrogens is 472 g/mol. The van der Waals surface area contributed by atoms with Crippen molar-refractivity contribution in [1.29, 1.82) is 0 Å². The highest BCUT2D eigenvalue weighted by molar-refractivity contribution is 7.90. The number of nitro groups is 1. The monoisotopic (exact) mass is 494 g/mol. The number of sulfone groups is 1. The van der Waals surface area contributed by atoms with Crippen LogP contribution < -0.4 is 10.0 Å². The van der Waals surface area contributed by atoms with E-state index in [2.05, 4.69) is 15.0 Å². The number of rotatable bonds is 6. The maximum atomic E-state index is 12.7. The number of nitrogens with one attached hydrogen (secondary N) is 2. The highest BCUT2D eigenvalue weighted by Crippen LogP contribution is 2.23. The van der Waals surface area contributed by atoms with Crippen LogP contribution >= 0.6 is 0 Å². The van der Waals surface area contributed by atoms with Crippen molar-refractivity contribution in [2.24, 2.45) is 4.99 Å². The van der Waals surface area contributed by atoms with Gasteiger partial charge in [-0.25, -0.2) is 16.8 Å². The molecule has 0 saturated carbocycles. The third-order valence-corrected chi connectivity index (χ3v) is 7.29. The summed E-state index contributed by atoms with van der Waals surface area (Å²) < 4.78 is 51.7. The third-order valence-electron chi connectivity index (χ3n) is 4.82. The molecule has 1 amide bonds. The molecule has 1 heterocycles. The van der Waals surface area contributed by atoms with Gasteiger partial charge in [-0.3, -0.25) is 24.6 Å². The van der Waals surface area contributed by atoms with Gasteiger partial charge >= 0.3 is 0 Å². The molecule has 11 nitrogen and oxygen atoms in total. The van der Waals surface area contributed by atoms with Crippen molar-refractivity contribution in [2.75, 3.05) is 18.1 Å². The number of nitro benzene ring substituents is 1. The summed E-state index contributed by atoms with van der Waals surface area (Å²) >= 11 is 0. The first-order valence-corrected chi connectivity index (χ1v) is 13.3. The molecule has 176 valence electrons. The first-order chi connectivity index (χ1) is 15.5. The standard InChI is InChI=1S/C20H22N4O7S2/c1-32(28,29)18-11-14(10-16(13-18)24(26)27)20(25)22-15-6-5-7-17(12-15)33(30,31)23-19-8-3-2-4-9-21-19/h5-7,10-13H,2-4,8-9H2,1H3,(H,21,23)(H,22,25). The average Bonchev–Trinajstić information content (AvgIpc) is 3.01. The van der Waals surface area contributed by atoms with Crippen LogP contribution in [0.2, 0.25) is 0 Å². The fourth-order valence-corrected chi connectivity index (χ4v) is 4.96. The van der Waals surface area contributed by atoms with Crippen molar-refractivity contribution in [2.45, 2.75) is 35.5 Å². The van der Waals surface area contributed by atoms with E-state index in [1.807, 2.05) is 0 Å². The van der Waals surface area contributed by atoms with E-state index in [-0.39, 0.29) is 21.0 Å². The highest BCUT2D eigenvalue weighted by atomic mass is 32.2. The van der Waals surface area contributed by atoms with Crippen LogP contribution in [0.1, 0.15) is 36.0 Å². The van der Waals surface area contributed by atoms with Gasteiger partial charge in [0.15, 0.2) is 9.84 Å². The molecule has 0 bridgehead atoms. The van der Waals surface area contributed by atoms with Gasteiger partial charge in [0.2, 0.25) is 0 Å². The smallest absolute Gasteiger partial charge is 0.271 e. The van der Waals surface area contributed by atoms with Crippen molar-refractivity contribution >= 4 is 43.0 Å². The van der Waals surface area contributed by atoms with E-state index in [1.54, 1.807) is 0 Å². The van der Waals surface area contributed by atoms with E-state index in [9.17, 15) is 31.7 Å². The van der Waals surface area contributed by atoms with Crippen molar-refractivity contribution in [1.82, 2.24) is 4.72 Å². The minimum atomic E-state index is -3.94. The molecule has 0 unspecified atom stereocenters. The van der Waals surface area contributed by atoms with Crippen LogP contribution in [0.4, 0.5) is 11.4 Å². The van der Waals surface area contributed by atoms with Gasteiger partial charge in [-0.1, -0.05) is 12.5 Å². The fraction of sp³-hybridized carbons (Fsp3) is 0.300. The largest absolute Gasteiger partial charge is 0.322 e. The molecule has 0 radical (unpaired) electrons. The van der Waals surface area contributed by atoms with Gasteiger partial charge in [0.1, 0.15) is 5.84 Å². The number of carbonyl (C=O) groups excluding carboxylic acids is 1. The lowest BCUT2D eigenvalue weighted by molar-refractivity contribution is -0.385. The summed E-state index contributed by atoms with van der Waals surface area (Å²) in [4.78, 5) is 26.8. The first-order valence-electron chi connectivity index (χ1n) is 9.93. The van der Waals surface area contributed by atoms with Crippen LogP contribution in [0, 0.1) is 10.1 Å². The normalized spacial score (nSPS) is 14.6. The van der Waals surface area contributed by atoms with E-state index < -0.39 is 36.4 Å². The molecule has 0 spiro atoms. The molecule has 0 aliphatic carbocycles. The first kappa shape index (κ1) is 24.3. The van der Waals surface area contributed by atoms with E-state index >= 15 is 0 Å². The quantitative estimate of drug-likeness (QED) is 0.460. The number of carbonyl (C=O) groups is 1. The summed E-state index contributed by atoms with van der Waals surface area (Å²) in [6.07, 6.45) is 4.08. The molecule has 2 aromatic carbocycles. The van der Waals surface area contributed by atoms with Crippen molar-refractivity contribution in [3.8, 4) is 0 Å². The molecule has 0 saturated heterocycles. The molecule has 13 heteroatoms. The lowest BCUT2D eigenvalue weighted by atomic mass is 10.2. The molecule has 0 atom stereocenters. The number of amides is 1. The van der Waals surface area contributed by atoms with Crippen LogP contribution in [0.15, 0.2) is 57.2 Å². The Kier molecular flexibility index (Phi) is 7.12.